The number of methoxy groups -OCH3 is 1. The van der Waals surface area contributed by atoms with Gasteiger partial charge in [-0.2, -0.15) is 0 Å². The van der Waals surface area contributed by atoms with Gasteiger partial charge in [0.25, 0.3) is 0 Å². The van der Waals surface area contributed by atoms with Crippen LogP contribution < -0.4 is 10.6 Å². The maximum Gasteiger partial charge on any atom is 0.127 e. The van der Waals surface area contributed by atoms with Crippen LogP contribution in [0.1, 0.15) is 26.3 Å². The summed E-state index contributed by atoms with van der Waals surface area (Å²) in [7, 11) is 1.70. The molecule has 2 rings (SSSR count). The van der Waals surface area contributed by atoms with Gasteiger partial charge in [0.2, 0.25) is 0 Å². The highest BCUT2D eigenvalue weighted by Crippen LogP contribution is 2.21. The number of aromatic nitrogens is 1. The predicted molar refractivity (Wildman–Crippen MR) is 88.7 cm³/mol. The Kier molecular flexibility index (Phi) is 5.15. The second kappa shape index (κ2) is 6.87. The van der Waals surface area contributed by atoms with Gasteiger partial charge in [0.1, 0.15) is 5.82 Å². The molecule has 0 atom stereocenters. The van der Waals surface area contributed by atoms with Crippen LogP contribution in [-0.2, 0) is 11.3 Å². The lowest BCUT2D eigenvalue weighted by Gasteiger charge is -2.21. The van der Waals surface area contributed by atoms with Gasteiger partial charge in [0, 0.05) is 31.1 Å². The highest BCUT2D eigenvalue weighted by atomic mass is 16.5. The van der Waals surface area contributed by atoms with E-state index in [0.29, 0.717) is 6.61 Å². The number of hydrogen-bond donors (Lipinski definition) is 2. The average Bonchev–Trinajstić information content (AvgIpc) is 2.44. The van der Waals surface area contributed by atoms with Gasteiger partial charge in [-0.25, -0.2) is 4.98 Å². The number of fused-ring (bicyclic) bond motifs is 1. The Morgan fingerprint density at radius 2 is 1.95 bits per heavy atom. The molecule has 4 nitrogen and oxygen atoms in total. The summed E-state index contributed by atoms with van der Waals surface area (Å²) in [5, 5.41) is 8.06. The van der Waals surface area contributed by atoms with Crippen LogP contribution in [0, 0.1) is 0 Å². The number of rotatable bonds is 6. The van der Waals surface area contributed by atoms with Crippen LogP contribution >= 0.6 is 0 Å². The topological polar surface area (TPSA) is 46.2 Å². The molecule has 0 amide bonds. The highest BCUT2D eigenvalue weighted by molar-refractivity contribution is 5.84. The summed E-state index contributed by atoms with van der Waals surface area (Å²) in [6.07, 6.45) is 0. The van der Waals surface area contributed by atoms with Crippen LogP contribution in [0.2, 0.25) is 0 Å². The largest absolute Gasteiger partial charge is 0.383 e. The highest BCUT2D eigenvalue weighted by Gasteiger charge is 2.11. The number of pyridine rings is 1. The van der Waals surface area contributed by atoms with E-state index in [9.17, 15) is 0 Å². The van der Waals surface area contributed by atoms with Crippen molar-refractivity contribution in [3.8, 4) is 0 Å². The molecule has 0 aliphatic heterocycles. The SMILES string of the molecule is COCCNc1cc(CNC(C)(C)C)c2ccccc2n1. The summed E-state index contributed by atoms with van der Waals surface area (Å²) in [4.78, 5) is 4.66. The molecular weight excluding hydrogens is 262 g/mol. The van der Waals surface area contributed by atoms with Crippen molar-refractivity contribution >= 4 is 16.7 Å². The zero-order valence-electron chi connectivity index (χ0n) is 13.4. The third kappa shape index (κ3) is 4.69. The van der Waals surface area contributed by atoms with Crippen molar-refractivity contribution in [3.05, 3.63) is 35.9 Å². The molecule has 1 heterocycles. The molecule has 2 N–H and O–H groups in total. The van der Waals surface area contributed by atoms with Crippen molar-refractivity contribution in [2.24, 2.45) is 0 Å². The minimum Gasteiger partial charge on any atom is -0.383 e. The molecule has 114 valence electrons. The fourth-order valence-corrected chi connectivity index (χ4v) is 2.13. The summed E-state index contributed by atoms with van der Waals surface area (Å²) in [5.74, 6) is 0.899. The second-order valence-corrected chi connectivity index (χ2v) is 6.21. The zero-order chi connectivity index (χ0) is 15.3. The molecule has 1 aromatic carbocycles. The van der Waals surface area contributed by atoms with E-state index in [0.717, 1.165) is 24.4 Å². The number of ether oxygens (including phenoxy) is 1. The summed E-state index contributed by atoms with van der Waals surface area (Å²) in [5.41, 5.74) is 2.37. The van der Waals surface area contributed by atoms with Gasteiger partial charge in [-0.1, -0.05) is 18.2 Å². The molecule has 2 aromatic rings. The van der Waals surface area contributed by atoms with Crippen molar-refractivity contribution in [2.45, 2.75) is 32.9 Å². The van der Waals surface area contributed by atoms with Crippen molar-refractivity contribution in [2.75, 3.05) is 25.6 Å². The fourth-order valence-electron chi connectivity index (χ4n) is 2.13. The van der Waals surface area contributed by atoms with Gasteiger partial charge >= 0.3 is 0 Å². The first kappa shape index (κ1) is 15.7. The molecule has 0 aliphatic carbocycles. The molecule has 4 heteroatoms. The Morgan fingerprint density at radius 1 is 1.19 bits per heavy atom. The monoisotopic (exact) mass is 287 g/mol. The third-order valence-electron chi connectivity index (χ3n) is 3.22. The molecule has 0 aliphatic rings. The number of anilines is 1. The van der Waals surface area contributed by atoms with E-state index in [1.807, 2.05) is 6.07 Å². The van der Waals surface area contributed by atoms with Crippen molar-refractivity contribution < 1.29 is 4.74 Å². The Morgan fingerprint density at radius 3 is 2.67 bits per heavy atom. The van der Waals surface area contributed by atoms with E-state index < -0.39 is 0 Å². The van der Waals surface area contributed by atoms with Crippen LogP contribution in [0.3, 0.4) is 0 Å². The predicted octanol–water partition coefficient (Wildman–Crippen LogP) is 3.18. The normalized spacial score (nSPS) is 11.8. The molecule has 0 saturated carbocycles. The van der Waals surface area contributed by atoms with Crippen LogP contribution in [0.15, 0.2) is 30.3 Å². The van der Waals surface area contributed by atoms with Crippen LogP contribution in [0.25, 0.3) is 10.9 Å². The van der Waals surface area contributed by atoms with Gasteiger partial charge in [-0.05, 0) is 38.5 Å². The van der Waals surface area contributed by atoms with E-state index >= 15 is 0 Å². The summed E-state index contributed by atoms with van der Waals surface area (Å²) < 4.78 is 5.07. The van der Waals surface area contributed by atoms with Gasteiger partial charge < -0.3 is 15.4 Å². The van der Waals surface area contributed by atoms with Crippen LogP contribution in [0.4, 0.5) is 5.82 Å². The number of para-hydroxylation sites is 1. The van der Waals surface area contributed by atoms with Crippen molar-refractivity contribution in [1.29, 1.82) is 0 Å². The van der Waals surface area contributed by atoms with Crippen LogP contribution in [0.5, 0.6) is 0 Å². The van der Waals surface area contributed by atoms with Crippen molar-refractivity contribution in [3.63, 3.8) is 0 Å². The number of benzene rings is 1. The average molecular weight is 287 g/mol. The molecule has 1 aromatic heterocycles. The number of nitrogens with zero attached hydrogens (tertiary/aromatic N) is 1. The smallest absolute Gasteiger partial charge is 0.127 e. The lowest BCUT2D eigenvalue weighted by molar-refractivity contribution is 0.210. The minimum absolute atomic E-state index is 0.0913. The lowest BCUT2D eigenvalue weighted by atomic mass is 10.1. The summed E-state index contributed by atoms with van der Waals surface area (Å²) in [6.45, 7) is 8.78. The standard InChI is InChI=1S/C17H25N3O/c1-17(2,3)19-12-13-11-16(18-9-10-21-4)20-15-8-6-5-7-14(13)15/h5-8,11,19H,9-10,12H2,1-4H3,(H,18,20). The molecule has 0 saturated heterocycles. The minimum atomic E-state index is 0.0913. The number of hydrogen-bond acceptors (Lipinski definition) is 4. The second-order valence-electron chi connectivity index (χ2n) is 6.21. The Balaban J connectivity index is 2.27. The maximum absolute atomic E-state index is 5.07. The van der Waals surface area contributed by atoms with Gasteiger partial charge in [0.05, 0.1) is 12.1 Å². The quantitative estimate of drug-likeness (QED) is 0.801. The van der Waals surface area contributed by atoms with E-state index in [2.05, 4.69) is 60.7 Å². The molecule has 0 radical (unpaired) electrons. The molecule has 0 fully saturated rings. The maximum atomic E-state index is 5.07. The molecule has 0 unspecified atom stereocenters. The zero-order valence-corrected chi connectivity index (χ0v) is 13.4. The Labute approximate surface area is 126 Å². The Hall–Kier alpha value is -1.65. The van der Waals surface area contributed by atoms with E-state index in [4.69, 9.17) is 4.74 Å². The fraction of sp³-hybridized carbons (Fsp3) is 0.471. The van der Waals surface area contributed by atoms with E-state index in [1.165, 1.54) is 10.9 Å². The first-order valence-electron chi connectivity index (χ1n) is 7.36. The summed E-state index contributed by atoms with van der Waals surface area (Å²) in [6, 6.07) is 10.4. The van der Waals surface area contributed by atoms with Crippen molar-refractivity contribution in [1.82, 2.24) is 10.3 Å². The molecular formula is C17H25N3O. The Bertz CT molecular complexity index is 590. The summed E-state index contributed by atoms with van der Waals surface area (Å²) >= 11 is 0. The first-order chi connectivity index (χ1) is 9.99. The van der Waals surface area contributed by atoms with E-state index in [-0.39, 0.29) is 5.54 Å². The van der Waals surface area contributed by atoms with E-state index in [1.54, 1.807) is 7.11 Å². The van der Waals surface area contributed by atoms with Gasteiger partial charge in [-0.3, -0.25) is 0 Å². The van der Waals surface area contributed by atoms with Crippen LogP contribution in [-0.4, -0.2) is 30.8 Å². The van der Waals surface area contributed by atoms with Gasteiger partial charge in [-0.15, -0.1) is 0 Å². The lowest BCUT2D eigenvalue weighted by Crippen LogP contribution is -2.35. The number of nitrogens with one attached hydrogen (secondary N) is 2. The molecule has 0 bridgehead atoms. The van der Waals surface area contributed by atoms with Gasteiger partial charge in [0.15, 0.2) is 0 Å². The molecule has 21 heavy (non-hydrogen) atoms. The molecule has 0 spiro atoms. The third-order valence-corrected chi connectivity index (χ3v) is 3.22. The first-order valence-corrected chi connectivity index (χ1v) is 7.36.